The van der Waals surface area contributed by atoms with Crippen LogP contribution in [0.1, 0.15) is 48.4 Å². The molecule has 1 saturated carbocycles. The summed E-state index contributed by atoms with van der Waals surface area (Å²) in [5.41, 5.74) is -1.03. The Morgan fingerprint density at radius 1 is 1.24 bits per heavy atom. The molecule has 1 saturated heterocycles. The highest BCUT2D eigenvalue weighted by atomic mass is 35.5. The summed E-state index contributed by atoms with van der Waals surface area (Å²) < 4.78 is 55.3. The molecule has 2 aliphatic rings. The minimum Gasteiger partial charge on any atom is -0.342 e. The zero-order valence-corrected chi connectivity index (χ0v) is 18.9. The van der Waals surface area contributed by atoms with Gasteiger partial charge in [-0.3, -0.25) is 4.79 Å². The van der Waals surface area contributed by atoms with E-state index in [1.54, 1.807) is 23.1 Å². The maximum Gasteiger partial charge on any atom is 0.419 e. The van der Waals surface area contributed by atoms with Crippen LogP contribution in [-0.4, -0.2) is 23.9 Å². The first-order valence-corrected chi connectivity index (χ1v) is 11.2. The van der Waals surface area contributed by atoms with Crippen molar-refractivity contribution in [2.75, 3.05) is 13.1 Å². The minimum atomic E-state index is -4.80. The number of amides is 1. The third-order valence-corrected chi connectivity index (χ3v) is 7.67. The first kappa shape index (κ1) is 23.6. The summed E-state index contributed by atoms with van der Waals surface area (Å²) in [4.78, 5) is 14.3. The number of halogens is 5. The number of likely N-dealkylation sites (tertiary alicyclic amines) is 1. The van der Waals surface area contributed by atoms with Crippen LogP contribution in [-0.2, 0) is 23.8 Å². The average Bonchev–Trinajstić information content (AvgIpc) is 3.19. The molecule has 1 heterocycles. The van der Waals surface area contributed by atoms with E-state index < -0.39 is 28.4 Å². The van der Waals surface area contributed by atoms with Crippen LogP contribution >= 0.6 is 11.6 Å². The minimum absolute atomic E-state index is 0.0103. The Bertz CT molecular complexity index is 1140. The smallest absolute Gasteiger partial charge is 0.342 e. The Morgan fingerprint density at radius 3 is 2.61 bits per heavy atom. The van der Waals surface area contributed by atoms with Gasteiger partial charge in [0.25, 0.3) is 0 Å². The lowest BCUT2D eigenvalue weighted by molar-refractivity contribution is -0.140. The monoisotopic (exact) mass is 478 g/mol. The number of carbonyl (C=O) groups excluding carboxylic acids is 1. The van der Waals surface area contributed by atoms with Gasteiger partial charge in [-0.2, -0.15) is 18.4 Å². The quantitative estimate of drug-likeness (QED) is 0.466. The predicted octanol–water partition coefficient (Wildman–Crippen LogP) is 6.17. The van der Waals surface area contributed by atoms with Gasteiger partial charge in [-0.15, -0.1) is 0 Å². The van der Waals surface area contributed by atoms with E-state index in [1.165, 1.54) is 12.1 Å². The number of alkyl halides is 3. The van der Waals surface area contributed by atoms with Crippen LogP contribution < -0.4 is 0 Å². The van der Waals surface area contributed by atoms with E-state index in [1.807, 2.05) is 13.0 Å². The molecule has 2 fully saturated rings. The maximum atomic E-state index is 14.2. The number of nitrogens with zero attached hydrogens (tertiary/aromatic N) is 2. The van der Waals surface area contributed by atoms with E-state index in [0.717, 1.165) is 11.6 Å². The Kier molecular flexibility index (Phi) is 5.94. The van der Waals surface area contributed by atoms with Crippen molar-refractivity contribution < 1.29 is 22.4 Å². The second-order valence-electron chi connectivity index (χ2n) is 9.20. The van der Waals surface area contributed by atoms with E-state index in [2.05, 4.69) is 0 Å². The molecular formula is C25H23ClF4N2O. The molecule has 2 aromatic carbocycles. The third-order valence-electron chi connectivity index (χ3n) is 7.35. The van der Waals surface area contributed by atoms with Crippen molar-refractivity contribution in [1.82, 2.24) is 4.90 Å². The highest BCUT2D eigenvalue weighted by molar-refractivity contribution is 6.31. The van der Waals surface area contributed by atoms with Crippen molar-refractivity contribution in [2.24, 2.45) is 10.8 Å². The Balaban J connectivity index is 1.67. The number of hydrogen-bond donors (Lipinski definition) is 0. The molecule has 0 bridgehead atoms. The van der Waals surface area contributed by atoms with Gasteiger partial charge in [0.2, 0.25) is 5.91 Å². The maximum absolute atomic E-state index is 14.2. The highest BCUT2D eigenvalue weighted by Gasteiger charge is 2.69. The molecule has 2 unspecified atom stereocenters. The molecule has 0 aromatic heterocycles. The van der Waals surface area contributed by atoms with E-state index in [0.29, 0.717) is 49.4 Å². The van der Waals surface area contributed by atoms with E-state index in [4.69, 9.17) is 16.9 Å². The topological polar surface area (TPSA) is 44.1 Å². The van der Waals surface area contributed by atoms with Crippen molar-refractivity contribution in [3.8, 4) is 6.07 Å². The van der Waals surface area contributed by atoms with Gasteiger partial charge in [0.05, 0.1) is 16.1 Å². The molecule has 33 heavy (non-hydrogen) atoms. The number of aryl methyl sites for hydroxylation is 1. The molecular weight excluding hydrogens is 456 g/mol. The van der Waals surface area contributed by atoms with Crippen molar-refractivity contribution in [1.29, 1.82) is 5.26 Å². The van der Waals surface area contributed by atoms with Crippen LogP contribution in [0, 0.1) is 28.0 Å². The summed E-state index contributed by atoms with van der Waals surface area (Å²) in [6, 6.07) is 10.6. The molecule has 8 heteroatoms. The van der Waals surface area contributed by atoms with Crippen molar-refractivity contribution in [3.63, 3.8) is 0 Å². The molecule has 4 rings (SSSR count). The summed E-state index contributed by atoms with van der Waals surface area (Å²) in [6.07, 6.45) is -2.77. The third kappa shape index (κ3) is 4.21. The molecule has 1 aliphatic carbocycles. The summed E-state index contributed by atoms with van der Waals surface area (Å²) in [6.45, 7) is 2.94. The molecule has 1 spiro atoms. The van der Waals surface area contributed by atoms with E-state index in [9.17, 15) is 22.4 Å². The van der Waals surface area contributed by atoms with Gasteiger partial charge in [0.15, 0.2) is 0 Å². The molecule has 0 radical (unpaired) electrons. The normalized spacial score (nSPS) is 24.4. The fourth-order valence-electron chi connectivity index (χ4n) is 5.55. The first-order chi connectivity index (χ1) is 15.5. The number of hydrogen-bond acceptors (Lipinski definition) is 2. The van der Waals surface area contributed by atoms with Crippen LogP contribution in [0.2, 0.25) is 5.02 Å². The Morgan fingerprint density at radius 2 is 2.00 bits per heavy atom. The summed E-state index contributed by atoms with van der Waals surface area (Å²) >= 11 is 6.15. The summed E-state index contributed by atoms with van der Waals surface area (Å²) in [5, 5.41) is 9.40. The van der Waals surface area contributed by atoms with Crippen LogP contribution in [0.25, 0.3) is 0 Å². The molecule has 174 valence electrons. The van der Waals surface area contributed by atoms with Crippen molar-refractivity contribution in [2.45, 2.75) is 45.2 Å². The van der Waals surface area contributed by atoms with Gasteiger partial charge >= 0.3 is 6.18 Å². The lowest BCUT2D eigenvalue weighted by Gasteiger charge is -2.25. The molecule has 0 N–H and O–H groups in total. The number of rotatable bonds is 6. The largest absolute Gasteiger partial charge is 0.419 e. The zero-order valence-electron chi connectivity index (χ0n) is 18.1. The van der Waals surface area contributed by atoms with Gasteiger partial charge in [0, 0.05) is 24.9 Å². The van der Waals surface area contributed by atoms with Crippen molar-refractivity contribution >= 4 is 17.5 Å². The highest BCUT2D eigenvalue weighted by Crippen LogP contribution is 2.72. The van der Waals surface area contributed by atoms with Gasteiger partial charge in [-0.05, 0) is 67.3 Å². The fourth-order valence-corrected chi connectivity index (χ4v) is 5.80. The van der Waals surface area contributed by atoms with Crippen LogP contribution in [0.15, 0.2) is 36.4 Å². The summed E-state index contributed by atoms with van der Waals surface area (Å²) in [5.74, 6) is -1.27. The molecule has 2 aromatic rings. The van der Waals surface area contributed by atoms with E-state index in [-0.39, 0.29) is 17.9 Å². The number of nitriles is 1. The van der Waals surface area contributed by atoms with Crippen molar-refractivity contribution in [3.05, 3.63) is 69.5 Å². The summed E-state index contributed by atoms with van der Waals surface area (Å²) in [7, 11) is 0. The van der Waals surface area contributed by atoms with Gasteiger partial charge in [0.1, 0.15) is 11.9 Å². The first-order valence-electron chi connectivity index (χ1n) is 10.8. The van der Waals surface area contributed by atoms with Gasteiger partial charge < -0.3 is 4.90 Å². The lowest BCUT2D eigenvalue weighted by atomic mass is 9.80. The number of carbonyl (C=O) groups is 1. The van der Waals surface area contributed by atoms with Crippen LogP contribution in [0.5, 0.6) is 0 Å². The number of benzene rings is 2. The molecule has 1 amide bonds. The van der Waals surface area contributed by atoms with Crippen LogP contribution in [0.3, 0.4) is 0 Å². The molecule has 3 nitrogen and oxygen atoms in total. The van der Waals surface area contributed by atoms with Gasteiger partial charge in [-0.25, -0.2) is 4.39 Å². The van der Waals surface area contributed by atoms with Crippen LogP contribution in [0.4, 0.5) is 17.6 Å². The Labute approximate surface area is 195 Å². The molecule has 2 atom stereocenters. The second-order valence-corrected chi connectivity index (χ2v) is 9.60. The lowest BCUT2D eigenvalue weighted by Crippen LogP contribution is -2.27. The predicted molar refractivity (Wildman–Crippen MR) is 116 cm³/mol. The molecule has 1 aliphatic heterocycles. The fraction of sp³-hybridized carbons (Fsp3) is 0.440. The standard InChI is InChI=1S/C25H23ClF4N2O/c1-2-32-15-24(12-21(32)33)14-23(24,9-8-16-6-7-18(13-31)19(26)10-16)11-17-4-3-5-20(27)22(17)25(28,29)30/h3-7,10H,2,8-9,11-12,14-15H2,1H3. The zero-order chi connectivity index (χ0) is 24.0. The average molecular weight is 479 g/mol. The Hall–Kier alpha value is -2.59. The second kappa shape index (κ2) is 8.32. The van der Waals surface area contributed by atoms with E-state index >= 15 is 0 Å². The SMILES string of the molecule is CCN1CC2(CC1=O)CC2(CCc1ccc(C#N)c(Cl)c1)Cc1cccc(F)c1C(F)(F)F. The van der Waals surface area contributed by atoms with Gasteiger partial charge in [-0.1, -0.05) is 29.8 Å².